The molecular formula is C17H35N3O. The fourth-order valence-electron chi connectivity index (χ4n) is 3.38. The molecule has 21 heavy (non-hydrogen) atoms. The topological polar surface area (TPSA) is 27.7 Å². The molecule has 2 saturated heterocycles. The van der Waals surface area contributed by atoms with E-state index >= 15 is 0 Å². The molecule has 0 amide bonds. The van der Waals surface area contributed by atoms with Gasteiger partial charge in [0.2, 0.25) is 0 Å². The standard InChI is InChI=1S/C17H35N3O/c1-16(2,3)18-14-17(6-12-21-13-7-17)15-20-9-5-8-19(4)10-11-20/h18H,5-15H2,1-4H3. The van der Waals surface area contributed by atoms with E-state index in [9.17, 15) is 0 Å². The van der Waals surface area contributed by atoms with E-state index in [4.69, 9.17) is 4.74 Å². The largest absolute Gasteiger partial charge is 0.381 e. The molecule has 0 unspecified atom stereocenters. The van der Waals surface area contributed by atoms with Gasteiger partial charge in [-0.25, -0.2) is 0 Å². The second-order valence-electron chi connectivity index (χ2n) is 8.15. The van der Waals surface area contributed by atoms with Crippen LogP contribution in [0.5, 0.6) is 0 Å². The van der Waals surface area contributed by atoms with E-state index in [1.807, 2.05) is 0 Å². The van der Waals surface area contributed by atoms with Crippen LogP contribution in [0.3, 0.4) is 0 Å². The van der Waals surface area contributed by atoms with Gasteiger partial charge >= 0.3 is 0 Å². The molecule has 0 aromatic rings. The summed E-state index contributed by atoms with van der Waals surface area (Å²) in [6.07, 6.45) is 3.70. The van der Waals surface area contributed by atoms with Gasteiger partial charge in [-0.3, -0.25) is 0 Å². The van der Waals surface area contributed by atoms with Crippen LogP contribution in [0.15, 0.2) is 0 Å². The molecule has 4 nitrogen and oxygen atoms in total. The van der Waals surface area contributed by atoms with Crippen molar-refractivity contribution in [2.75, 3.05) is 59.5 Å². The first-order chi connectivity index (χ1) is 9.89. The van der Waals surface area contributed by atoms with Gasteiger partial charge < -0.3 is 19.9 Å². The highest BCUT2D eigenvalue weighted by molar-refractivity contribution is 4.90. The number of nitrogens with one attached hydrogen (secondary N) is 1. The van der Waals surface area contributed by atoms with E-state index in [1.165, 1.54) is 52.0 Å². The van der Waals surface area contributed by atoms with Gasteiger partial charge in [-0.2, -0.15) is 0 Å². The van der Waals surface area contributed by atoms with Crippen LogP contribution in [-0.2, 0) is 4.74 Å². The molecule has 0 bridgehead atoms. The first kappa shape index (κ1) is 17.2. The van der Waals surface area contributed by atoms with Crippen molar-refractivity contribution in [1.82, 2.24) is 15.1 Å². The second kappa shape index (κ2) is 7.40. The van der Waals surface area contributed by atoms with Crippen LogP contribution in [0.25, 0.3) is 0 Å². The van der Waals surface area contributed by atoms with E-state index < -0.39 is 0 Å². The van der Waals surface area contributed by atoms with Crippen LogP contribution < -0.4 is 5.32 Å². The van der Waals surface area contributed by atoms with Crippen LogP contribution in [0, 0.1) is 5.41 Å². The minimum Gasteiger partial charge on any atom is -0.381 e. The Hall–Kier alpha value is -0.160. The smallest absolute Gasteiger partial charge is 0.0472 e. The van der Waals surface area contributed by atoms with Crippen molar-refractivity contribution in [2.45, 2.75) is 45.6 Å². The molecule has 0 saturated carbocycles. The van der Waals surface area contributed by atoms with Crippen molar-refractivity contribution in [3.8, 4) is 0 Å². The van der Waals surface area contributed by atoms with Crippen LogP contribution in [0.1, 0.15) is 40.0 Å². The Labute approximate surface area is 131 Å². The van der Waals surface area contributed by atoms with Crippen molar-refractivity contribution in [3.05, 3.63) is 0 Å². The van der Waals surface area contributed by atoms with E-state index in [-0.39, 0.29) is 5.54 Å². The van der Waals surface area contributed by atoms with Crippen molar-refractivity contribution in [3.63, 3.8) is 0 Å². The maximum atomic E-state index is 5.63. The summed E-state index contributed by atoms with van der Waals surface area (Å²) in [6, 6.07) is 0. The average Bonchev–Trinajstić information content (AvgIpc) is 2.62. The molecule has 2 aliphatic heterocycles. The van der Waals surface area contributed by atoms with Crippen LogP contribution in [0.2, 0.25) is 0 Å². The summed E-state index contributed by atoms with van der Waals surface area (Å²) in [7, 11) is 2.24. The molecule has 0 aromatic carbocycles. The highest BCUT2D eigenvalue weighted by Gasteiger charge is 2.35. The van der Waals surface area contributed by atoms with Gasteiger partial charge in [0.05, 0.1) is 0 Å². The van der Waals surface area contributed by atoms with Crippen molar-refractivity contribution in [1.29, 1.82) is 0 Å². The summed E-state index contributed by atoms with van der Waals surface area (Å²) in [4.78, 5) is 5.16. The lowest BCUT2D eigenvalue weighted by atomic mass is 9.79. The summed E-state index contributed by atoms with van der Waals surface area (Å²) < 4.78 is 5.63. The first-order valence-electron chi connectivity index (χ1n) is 8.62. The van der Waals surface area contributed by atoms with Crippen molar-refractivity contribution in [2.24, 2.45) is 5.41 Å². The molecule has 0 atom stereocenters. The highest BCUT2D eigenvalue weighted by atomic mass is 16.5. The Kier molecular flexibility index (Phi) is 6.06. The van der Waals surface area contributed by atoms with Crippen LogP contribution in [0.4, 0.5) is 0 Å². The number of hydrogen-bond donors (Lipinski definition) is 1. The Bertz CT molecular complexity index is 308. The first-order valence-corrected chi connectivity index (χ1v) is 8.62. The molecular weight excluding hydrogens is 262 g/mol. The maximum absolute atomic E-state index is 5.63. The lowest BCUT2D eigenvalue weighted by molar-refractivity contribution is -0.00644. The van der Waals surface area contributed by atoms with E-state index in [0.717, 1.165) is 19.8 Å². The Morgan fingerprint density at radius 2 is 1.76 bits per heavy atom. The minimum atomic E-state index is 0.199. The highest BCUT2D eigenvalue weighted by Crippen LogP contribution is 2.32. The quantitative estimate of drug-likeness (QED) is 0.856. The zero-order valence-corrected chi connectivity index (χ0v) is 14.6. The Morgan fingerprint density at radius 1 is 1.05 bits per heavy atom. The number of ether oxygens (including phenoxy) is 1. The molecule has 2 fully saturated rings. The van der Waals surface area contributed by atoms with E-state index in [0.29, 0.717) is 5.41 Å². The second-order valence-corrected chi connectivity index (χ2v) is 8.15. The predicted octanol–water partition coefficient (Wildman–Crippen LogP) is 1.81. The van der Waals surface area contributed by atoms with Gasteiger partial charge in [-0.15, -0.1) is 0 Å². The number of rotatable bonds is 4. The van der Waals surface area contributed by atoms with E-state index in [2.05, 4.69) is 42.9 Å². The molecule has 0 aromatic heterocycles. The van der Waals surface area contributed by atoms with Crippen molar-refractivity contribution >= 4 is 0 Å². The molecule has 0 spiro atoms. The number of hydrogen-bond acceptors (Lipinski definition) is 4. The molecule has 2 aliphatic rings. The summed E-state index contributed by atoms with van der Waals surface area (Å²) in [5, 5.41) is 3.75. The molecule has 124 valence electrons. The molecule has 2 rings (SSSR count). The van der Waals surface area contributed by atoms with Gasteiger partial charge in [0, 0.05) is 44.9 Å². The lowest BCUT2D eigenvalue weighted by Crippen LogP contribution is -2.51. The van der Waals surface area contributed by atoms with E-state index in [1.54, 1.807) is 0 Å². The van der Waals surface area contributed by atoms with Crippen LogP contribution in [-0.4, -0.2) is 74.9 Å². The zero-order valence-electron chi connectivity index (χ0n) is 14.6. The molecule has 0 radical (unpaired) electrons. The zero-order chi connectivity index (χ0) is 15.3. The molecule has 1 N–H and O–H groups in total. The average molecular weight is 297 g/mol. The molecule has 4 heteroatoms. The van der Waals surface area contributed by atoms with Crippen LogP contribution >= 0.6 is 0 Å². The van der Waals surface area contributed by atoms with Gasteiger partial charge in [0.1, 0.15) is 0 Å². The van der Waals surface area contributed by atoms with Gasteiger partial charge in [0.25, 0.3) is 0 Å². The summed E-state index contributed by atoms with van der Waals surface area (Å²) >= 11 is 0. The Balaban J connectivity index is 1.95. The third-order valence-electron chi connectivity index (χ3n) is 4.92. The summed E-state index contributed by atoms with van der Waals surface area (Å²) in [6.45, 7) is 15.9. The SMILES string of the molecule is CN1CCCN(CC2(CNC(C)(C)C)CCOCC2)CC1. The number of likely N-dealkylation sites (N-methyl/N-ethyl adjacent to an activating group) is 1. The summed E-state index contributed by atoms with van der Waals surface area (Å²) in [5.41, 5.74) is 0.596. The molecule has 0 aliphatic carbocycles. The maximum Gasteiger partial charge on any atom is 0.0472 e. The van der Waals surface area contributed by atoms with Crippen molar-refractivity contribution < 1.29 is 4.74 Å². The summed E-state index contributed by atoms with van der Waals surface area (Å²) in [5.74, 6) is 0. The predicted molar refractivity (Wildman–Crippen MR) is 88.8 cm³/mol. The third kappa shape index (κ3) is 5.85. The fourth-order valence-corrected chi connectivity index (χ4v) is 3.38. The number of nitrogens with zero attached hydrogens (tertiary/aromatic N) is 2. The lowest BCUT2D eigenvalue weighted by Gasteiger charge is -2.42. The monoisotopic (exact) mass is 297 g/mol. The Morgan fingerprint density at radius 3 is 2.43 bits per heavy atom. The van der Waals surface area contributed by atoms with Gasteiger partial charge in [-0.05, 0) is 65.6 Å². The third-order valence-corrected chi connectivity index (χ3v) is 4.92. The molecule has 2 heterocycles. The normalized spacial score (nSPS) is 25.7. The fraction of sp³-hybridized carbons (Fsp3) is 1.00. The van der Waals surface area contributed by atoms with Gasteiger partial charge in [0.15, 0.2) is 0 Å². The minimum absolute atomic E-state index is 0.199. The van der Waals surface area contributed by atoms with Gasteiger partial charge in [-0.1, -0.05) is 0 Å².